The van der Waals surface area contributed by atoms with Crippen LogP contribution in [0.1, 0.15) is 0 Å². The summed E-state index contributed by atoms with van der Waals surface area (Å²) in [6.45, 7) is -0.904. The van der Waals surface area contributed by atoms with Crippen molar-refractivity contribution in [2.75, 3.05) is 6.61 Å². The second-order valence-corrected chi connectivity index (χ2v) is 4.32. The molecule has 4 atom stereocenters. The Morgan fingerprint density at radius 1 is 1.24 bits per heavy atom. The second-order valence-electron chi connectivity index (χ2n) is 3.16. The lowest BCUT2D eigenvalue weighted by molar-refractivity contribution is -0.145. The number of aliphatic hydroxyl groups is 4. The van der Waals surface area contributed by atoms with Crippen LogP contribution in [-0.4, -0.2) is 67.1 Å². The number of hydrogen-bond acceptors (Lipinski definition) is 8. The summed E-state index contributed by atoms with van der Waals surface area (Å²) < 4.78 is 13.9. The molecular formula is C6H14NO9P. The summed E-state index contributed by atoms with van der Waals surface area (Å²) >= 11 is 0. The summed E-state index contributed by atoms with van der Waals surface area (Å²) in [5.74, 6) is -1.66. The molecule has 0 aromatic rings. The van der Waals surface area contributed by atoms with Crippen molar-refractivity contribution in [3.63, 3.8) is 0 Å². The van der Waals surface area contributed by atoms with E-state index in [9.17, 15) is 14.5 Å². The third kappa shape index (κ3) is 5.52. The molecule has 0 aliphatic heterocycles. The number of phosphoric acid groups is 1. The molecule has 0 saturated heterocycles. The highest BCUT2D eigenvalue weighted by Gasteiger charge is 2.36. The van der Waals surface area contributed by atoms with Gasteiger partial charge in [-0.15, -0.1) is 0 Å². The molecule has 0 aromatic heterocycles. The molecule has 0 rings (SSSR count). The van der Waals surface area contributed by atoms with Gasteiger partial charge in [0.25, 0.3) is 0 Å². The van der Waals surface area contributed by atoms with E-state index < -0.39 is 44.8 Å². The first kappa shape index (κ1) is 16.4. The Balaban J connectivity index is 4.54. The number of rotatable bonds is 6. The van der Waals surface area contributed by atoms with E-state index in [1.54, 1.807) is 0 Å². The SMILES string of the molecule is N[C@H](C(=O)OP(=O)(O)O)[C@@H](O)[C@H](O)[C@H](O)CO. The van der Waals surface area contributed by atoms with Crippen LogP contribution in [0.4, 0.5) is 0 Å². The van der Waals surface area contributed by atoms with E-state index in [0.29, 0.717) is 0 Å². The van der Waals surface area contributed by atoms with Gasteiger partial charge in [0, 0.05) is 0 Å². The highest BCUT2D eigenvalue weighted by molar-refractivity contribution is 7.46. The molecule has 0 fully saturated rings. The summed E-state index contributed by atoms with van der Waals surface area (Å²) in [6.07, 6.45) is -5.80. The highest BCUT2D eigenvalue weighted by Crippen LogP contribution is 2.36. The van der Waals surface area contributed by atoms with Crippen LogP contribution in [0.25, 0.3) is 0 Å². The molecular weight excluding hydrogens is 261 g/mol. The molecule has 10 nitrogen and oxygen atoms in total. The molecule has 8 N–H and O–H groups in total. The Labute approximate surface area is 95.5 Å². The first-order chi connectivity index (χ1) is 7.60. The molecule has 0 unspecified atom stereocenters. The van der Waals surface area contributed by atoms with Gasteiger partial charge in [0.05, 0.1) is 6.61 Å². The fourth-order valence-corrected chi connectivity index (χ4v) is 1.22. The predicted molar refractivity (Wildman–Crippen MR) is 51.2 cm³/mol. The van der Waals surface area contributed by atoms with Gasteiger partial charge in [-0.05, 0) is 0 Å². The van der Waals surface area contributed by atoms with Gasteiger partial charge in [0.2, 0.25) is 0 Å². The molecule has 17 heavy (non-hydrogen) atoms. The first-order valence-electron chi connectivity index (χ1n) is 4.29. The predicted octanol–water partition coefficient (Wildman–Crippen LogP) is -3.98. The summed E-state index contributed by atoms with van der Waals surface area (Å²) in [5.41, 5.74) is 5.04. The van der Waals surface area contributed by atoms with Crippen LogP contribution in [0.3, 0.4) is 0 Å². The zero-order chi connectivity index (χ0) is 13.8. The summed E-state index contributed by atoms with van der Waals surface area (Å²) in [4.78, 5) is 27.5. The molecule has 0 amide bonds. The van der Waals surface area contributed by atoms with E-state index in [1.165, 1.54) is 0 Å². The van der Waals surface area contributed by atoms with Gasteiger partial charge < -0.3 is 30.7 Å². The van der Waals surface area contributed by atoms with Crippen molar-refractivity contribution in [3.8, 4) is 0 Å². The Kier molecular flexibility index (Phi) is 6.16. The molecule has 0 radical (unpaired) electrons. The maximum Gasteiger partial charge on any atom is 0.527 e. The van der Waals surface area contributed by atoms with Crippen LogP contribution in [0.15, 0.2) is 0 Å². The summed E-state index contributed by atoms with van der Waals surface area (Å²) in [5, 5.41) is 35.8. The minimum Gasteiger partial charge on any atom is -0.394 e. The molecule has 0 aromatic carbocycles. The molecule has 11 heteroatoms. The fourth-order valence-electron chi connectivity index (χ4n) is 0.866. The zero-order valence-corrected chi connectivity index (χ0v) is 9.34. The van der Waals surface area contributed by atoms with Crippen molar-refractivity contribution in [1.82, 2.24) is 0 Å². The van der Waals surface area contributed by atoms with Crippen LogP contribution in [0.2, 0.25) is 0 Å². The Morgan fingerprint density at radius 2 is 1.71 bits per heavy atom. The number of aliphatic hydroxyl groups excluding tert-OH is 4. The quantitative estimate of drug-likeness (QED) is 0.235. The van der Waals surface area contributed by atoms with Crippen molar-refractivity contribution in [1.29, 1.82) is 0 Å². The van der Waals surface area contributed by atoms with E-state index in [-0.39, 0.29) is 0 Å². The maximum absolute atomic E-state index is 11.0. The molecule has 0 spiro atoms. The van der Waals surface area contributed by atoms with Gasteiger partial charge in [-0.3, -0.25) is 9.79 Å². The number of phosphoric ester groups is 1. The third-order valence-electron chi connectivity index (χ3n) is 1.78. The van der Waals surface area contributed by atoms with E-state index in [4.69, 9.17) is 30.8 Å². The average Bonchev–Trinajstić information content (AvgIpc) is 2.22. The van der Waals surface area contributed by atoms with Crippen LogP contribution in [-0.2, 0) is 13.9 Å². The highest BCUT2D eigenvalue weighted by atomic mass is 31.2. The Morgan fingerprint density at radius 3 is 2.06 bits per heavy atom. The summed E-state index contributed by atoms with van der Waals surface area (Å²) in [6, 6.07) is -1.99. The van der Waals surface area contributed by atoms with Gasteiger partial charge in [0.1, 0.15) is 24.4 Å². The average molecular weight is 275 g/mol. The lowest BCUT2D eigenvalue weighted by Crippen LogP contribution is -2.53. The van der Waals surface area contributed by atoms with Crippen LogP contribution in [0.5, 0.6) is 0 Å². The summed E-state index contributed by atoms with van der Waals surface area (Å²) in [7, 11) is -5.11. The van der Waals surface area contributed by atoms with Crippen molar-refractivity contribution in [2.24, 2.45) is 5.73 Å². The lowest BCUT2D eigenvalue weighted by atomic mass is 10.0. The van der Waals surface area contributed by atoms with Crippen molar-refractivity contribution in [2.45, 2.75) is 24.4 Å². The smallest absolute Gasteiger partial charge is 0.394 e. The normalized spacial score (nSPS) is 19.2. The van der Waals surface area contributed by atoms with Crippen LogP contribution in [0, 0.1) is 0 Å². The molecule has 0 saturated carbocycles. The molecule has 0 aliphatic carbocycles. The molecule has 0 aliphatic rings. The maximum atomic E-state index is 11.0. The first-order valence-corrected chi connectivity index (χ1v) is 5.82. The minimum absolute atomic E-state index is 0.904. The molecule has 0 bridgehead atoms. The van der Waals surface area contributed by atoms with Crippen LogP contribution >= 0.6 is 7.82 Å². The number of carbonyl (C=O) groups excluding carboxylic acids is 1. The van der Waals surface area contributed by atoms with Crippen LogP contribution < -0.4 is 5.73 Å². The standard InChI is InChI=1S/C6H14NO9P/c7-3(6(12)16-17(13,14)15)5(11)4(10)2(9)1-8/h2-5,8-11H,1,7H2,(H2,13,14,15)/t2-,3+,4-,5-/m1/s1. The van der Waals surface area contributed by atoms with Gasteiger partial charge in [-0.1, -0.05) is 0 Å². The van der Waals surface area contributed by atoms with E-state index in [2.05, 4.69) is 4.52 Å². The number of hydrogen-bond donors (Lipinski definition) is 7. The van der Waals surface area contributed by atoms with Gasteiger partial charge in [-0.2, -0.15) is 0 Å². The lowest BCUT2D eigenvalue weighted by Gasteiger charge is -2.25. The largest absolute Gasteiger partial charge is 0.527 e. The van der Waals surface area contributed by atoms with Crippen molar-refractivity contribution in [3.05, 3.63) is 0 Å². The molecule has 102 valence electrons. The number of carbonyl (C=O) groups is 1. The minimum atomic E-state index is -5.11. The zero-order valence-electron chi connectivity index (χ0n) is 8.45. The fraction of sp³-hybridized carbons (Fsp3) is 0.833. The Hall–Kier alpha value is -0.580. The van der Waals surface area contributed by atoms with E-state index in [0.717, 1.165) is 0 Å². The van der Waals surface area contributed by atoms with Crippen molar-refractivity contribution < 1.29 is 44.1 Å². The third-order valence-corrected chi connectivity index (χ3v) is 2.20. The van der Waals surface area contributed by atoms with E-state index in [1.807, 2.05) is 0 Å². The Bertz CT molecular complexity index is 304. The van der Waals surface area contributed by atoms with Gasteiger partial charge >= 0.3 is 13.8 Å². The van der Waals surface area contributed by atoms with Crippen molar-refractivity contribution >= 4 is 13.8 Å². The van der Waals surface area contributed by atoms with Gasteiger partial charge in [0.15, 0.2) is 0 Å². The topological polar surface area (TPSA) is 191 Å². The number of nitrogens with two attached hydrogens (primary N) is 1. The molecule has 0 heterocycles. The monoisotopic (exact) mass is 275 g/mol. The van der Waals surface area contributed by atoms with Gasteiger partial charge in [-0.25, -0.2) is 9.36 Å². The second kappa shape index (κ2) is 6.38. The van der Waals surface area contributed by atoms with E-state index >= 15 is 0 Å².